The summed E-state index contributed by atoms with van der Waals surface area (Å²) in [6, 6.07) is 6.99. The van der Waals surface area contributed by atoms with Crippen molar-refractivity contribution < 1.29 is 4.79 Å². The zero-order valence-corrected chi connectivity index (χ0v) is 13.5. The quantitative estimate of drug-likeness (QED) is 0.709. The molecule has 1 aliphatic rings. The highest BCUT2D eigenvalue weighted by molar-refractivity contribution is 6.35. The number of benzene rings is 1. The van der Waals surface area contributed by atoms with Gasteiger partial charge in [-0.05, 0) is 19.1 Å². The van der Waals surface area contributed by atoms with Crippen molar-refractivity contribution in [2.24, 2.45) is 0 Å². The first kappa shape index (κ1) is 14.3. The van der Waals surface area contributed by atoms with Crippen LogP contribution in [0, 0.1) is 6.92 Å². The first-order chi connectivity index (χ1) is 11.0. The molecule has 2 N–H and O–H groups in total. The molecule has 1 atom stereocenters. The molecule has 2 aromatic heterocycles. The summed E-state index contributed by atoms with van der Waals surface area (Å²) in [5.41, 5.74) is 2.65. The van der Waals surface area contributed by atoms with Crippen molar-refractivity contribution in [1.29, 1.82) is 0 Å². The minimum absolute atomic E-state index is 0.239. The van der Waals surface area contributed by atoms with Crippen LogP contribution >= 0.6 is 23.2 Å². The highest BCUT2D eigenvalue weighted by atomic mass is 35.5. The van der Waals surface area contributed by atoms with E-state index in [2.05, 4.69) is 20.7 Å². The van der Waals surface area contributed by atoms with Gasteiger partial charge in [-0.2, -0.15) is 9.61 Å². The minimum atomic E-state index is -0.477. The Morgan fingerprint density at radius 3 is 2.83 bits per heavy atom. The summed E-state index contributed by atoms with van der Waals surface area (Å²) < 4.78 is 1.63. The molecule has 116 valence electrons. The fourth-order valence-corrected chi connectivity index (χ4v) is 3.14. The number of hydrogen-bond acceptors (Lipinski definition) is 4. The topological polar surface area (TPSA) is 71.3 Å². The first-order valence-electron chi connectivity index (χ1n) is 6.90. The van der Waals surface area contributed by atoms with E-state index in [0.29, 0.717) is 27.1 Å². The molecule has 0 saturated carbocycles. The number of halogens is 2. The van der Waals surface area contributed by atoms with Crippen molar-refractivity contribution in [3.05, 3.63) is 57.3 Å². The monoisotopic (exact) mass is 347 g/mol. The van der Waals surface area contributed by atoms with Gasteiger partial charge in [0.1, 0.15) is 17.5 Å². The minimum Gasteiger partial charge on any atom is -0.345 e. The van der Waals surface area contributed by atoms with Crippen LogP contribution in [0.25, 0.3) is 5.65 Å². The Morgan fingerprint density at radius 1 is 1.22 bits per heavy atom. The van der Waals surface area contributed by atoms with Crippen LogP contribution in [0.5, 0.6) is 0 Å². The second-order valence-corrected chi connectivity index (χ2v) is 6.14. The van der Waals surface area contributed by atoms with E-state index in [0.717, 1.165) is 11.3 Å². The molecule has 0 radical (unpaired) electrons. The molecule has 23 heavy (non-hydrogen) atoms. The Kier molecular flexibility index (Phi) is 3.18. The third-order valence-corrected chi connectivity index (χ3v) is 4.24. The maximum Gasteiger partial charge on any atom is 0.258 e. The third kappa shape index (κ3) is 2.31. The van der Waals surface area contributed by atoms with Crippen molar-refractivity contribution in [2.45, 2.75) is 13.1 Å². The van der Waals surface area contributed by atoms with E-state index in [4.69, 9.17) is 23.2 Å². The fraction of sp³-hybridized carbons (Fsp3) is 0.133. The number of aromatic nitrogens is 3. The molecular weight excluding hydrogens is 337 g/mol. The zero-order valence-electron chi connectivity index (χ0n) is 12.0. The van der Waals surface area contributed by atoms with Crippen molar-refractivity contribution in [1.82, 2.24) is 19.9 Å². The van der Waals surface area contributed by atoms with Gasteiger partial charge in [-0.15, -0.1) is 0 Å². The normalized spacial score (nSPS) is 16.8. The molecule has 3 heterocycles. The van der Waals surface area contributed by atoms with Crippen LogP contribution < -0.4 is 10.6 Å². The second-order valence-electron chi connectivity index (χ2n) is 5.29. The summed E-state index contributed by atoms with van der Waals surface area (Å²) in [6.45, 7) is 1.87. The summed E-state index contributed by atoms with van der Waals surface area (Å²) in [7, 11) is 0. The van der Waals surface area contributed by atoms with E-state index in [-0.39, 0.29) is 5.91 Å². The van der Waals surface area contributed by atoms with Gasteiger partial charge in [0.15, 0.2) is 5.65 Å². The molecule has 1 aliphatic heterocycles. The van der Waals surface area contributed by atoms with Crippen molar-refractivity contribution in [2.75, 3.05) is 5.32 Å². The third-order valence-electron chi connectivity index (χ3n) is 3.68. The lowest BCUT2D eigenvalue weighted by molar-refractivity contribution is 0.0934. The van der Waals surface area contributed by atoms with Gasteiger partial charge in [0.25, 0.3) is 5.91 Å². The number of hydrogen-bond donors (Lipinski definition) is 2. The first-order valence-corrected chi connectivity index (χ1v) is 7.66. The molecule has 1 aromatic carbocycles. The lowest BCUT2D eigenvalue weighted by atomic mass is 10.1. The van der Waals surface area contributed by atoms with Crippen LogP contribution in [0.3, 0.4) is 0 Å². The number of rotatable bonds is 1. The number of aryl methyl sites for hydroxylation is 1. The van der Waals surface area contributed by atoms with Crippen LogP contribution in [0.15, 0.2) is 30.5 Å². The van der Waals surface area contributed by atoms with E-state index in [9.17, 15) is 4.79 Å². The van der Waals surface area contributed by atoms with Crippen LogP contribution in [-0.4, -0.2) is 20.5 Å². The molecule has 0 fully saturated rings. The molecule has 1 amide bonds. The number of fused-ring (bicyclic) bond motifs is 3. The SMILES string of the molecule is Cc1cc2ncc3c(n2n1)NC(c1ccc(Cl)cc1Cl)NC3=O. The molecular formula is C15H11Cl2N5O. The molecule has 0 spiro atoms. The number of carbonyl (C=O) groups is 1. The number of anilines is 1. The maximum atomic E-state index is 12.4. The molecule has 4 rings (SSSR count). The van der Waals surface area contributed by atoms with Gasteiger partial charge in [-0.3, -0.25) is 4.79 Å². The smallest absolute Gasteiger partial charge is 0.258 e. The molecule has 1 unspecified atom stereocenters. The highest BCUT2D eigenvalue weighted by Crippen LogP contribution is 2.31. The summed E-state index contributed by atoms with van der Waals surface area (Å²) in [5, 5.41) is 11.5. The van der Waals surface area contributed by atoms with E-state index in [1.165, 1.54) is 6.20 Å². The largest absolute Gasteiger partial charge is 0.345 e. The van der Waals surface area contributed by atoms with Gasteiger partial charge in [-0.25, -0.2) is 4.98 Å². The summed E-state index contributed by atoms with van der Waals surface area (Å²) in [5.74, 6) is 0.347. The van der Waals surface area contributed by atoms with Gasteiger partial charge >= 0.3 is 0 Å². The molecule has 0 saturated heterocycles. The molecule has 8 heteroatoms. The van der Waals surface area contributed by atoms with Crippen LogP contribution in [-0.2, 0) is 0 Å². The Bertz CT molecular complexity index is 952. The predicted octanol–water partition coefficient (Wildman–Crippen LogP) is 3.20. The van der Waals surface area contributed by atoms with E-state index in [1.807, 2.05) is 13.0 Å². The zero-order chi connectivity index (χ0) is 16.1. The van der Waals surface area contributed by atoms with E-state index in [1.54, 1.807) is 22.7 Å². The average Bonchev–Trinajstić information content (AvgIpc) is 2.88. The van der Waals surface area contributed by atoms with Gasteiger partial charge < -0.3 is 10.6 Å². The Hall–Kier alpha value is -2.31. The van der Waals surface area contributed by atoms with Gasteiger partial charge in [0.2, 0.25) is 0 Å². The Labute approximate surface area is 141 Å². The van der Waals surface area contributed by atoms with Gasteiger partial charge in [0, 0.05) is 27.9 Å². The maximum absolute atomic E-state index is 12.4. The number of nitrogens with zero attached hydrogens (tertiary/aromatic N) is 3. The van der Waals surface area contributed by atoms with E-state index >= 15 is 0 Å². The van der Waals surface area contributed by atoms with Crippen LogP contribution in [0.4, 0.5) is 5.82 Å². The highest BCUT2D eigenvalue weighted by Gasteiger charge is 2.28. The summed E-state index contributed by atoms with van der Waals surface area (Å²) in [4.78, 5) is 16.6. The summed E-state index contributed by atoms with van der Waals surface area (Å²) >= 11 is 12.2. The fourth-order valence-electron chi connectivity index (χ4n) is 2.63. The van der Waals surface area contributed by atoms with Gasteiger partial charge in [-0.1, -0.05) is 29.3 Å². The van der Waals surface area contributed by atoms with Crippen LogP contribution in [0.1, 0.15) is 27.8 Å². The second kappa shape index (κ2) is 5.11. The molecule has 6 nitrogen and oxygen atoms in total. The van der Waals surface area contributed by atoms with Crippen molar-refractivity contribution >= 4 is 40.6 Å². The standard InChI is InChI=1S/C15H11Cl2N5O/c1-7-4-12-18-6-10-14(22(12)21-7)19-13(20-15(10)23)9-3-2-8(16)5-11(9)17/h2-6,13,19H,1H3,(H,20,23). The lowest BCUT2D eigenvalue weighted by Gasteiger charge is -2.28. The lowest BCUT2D eigenvalue weighted by Crippen LogP contribution is -2.39. The number of nitrogens with one attached hydrogen (secondary N) is 2. The molecule has 0 bridgehead atoms. The van der Waals surface area contributed by atoms with Crippen LogP contribution in [0.2, 0.25) is 10.0 Å². The molecule has 3 aromatic rings. The Balaban J connectivity index is 1.84. The summed E-state index contributed by atoms with van der Waals surface area (Å²) in [6.07, 6.45) is 1.06. The number of carbonyl (C=O) groups excluding carboxylic acids is 1. The molecule has 0 aliphatic carbocycles. The number of amides is 1. The van der Waals surface area contributed by atoms with Crippen molar-refractivity contribution in [3.63, 3.8) is 0 Å². The predicted molar refractivity (Wildman–Crippen MR) is 88.0 cm³/mol. The Morgan fingerprint density at radius 2 is 2.04 bits per heavy atom. The average molecular weight is 348 g/mol. The van der Waals surface area contributed by atoms with Gasteiger partial charge in [0.05, 0.1) is 5.69 Å². The van der Waals surface area contributed by atoms with Crippen molar-refractivity contribution in [3.8, 4) is 0 Å². The van der Waals surface area contributed by atoms with E-state index < -0.39 is 6.17 Å².